The maximum absolute atomic E-state index is 5.17. The lowest BCUT2D eigenvalue weighted by Gasteiger charge is -2.19. The summed E-state index contributed by atoms with van der Waals surface area (Å²) in [6, 6.07) is 0. The number of halogens is 1. The highest BCUT2D eigenvalue weighted by molar-refractivity contribution is 5.85. The van der Waals surface area contributed by atoms with Crippen LogP contribution in [-0.4, -0.2) is 23.2 Å². The zero-order valence-corrected chi connectivity index (χ0v) is 9.85. The molecular weight excluding hydrogens is 214 g/mol. The van der Waals surface area contributed by atoms with E-state index < -0.39 is 0 Å². The average Bonchev–Trinajstić information content (AvgIpc) is 2.68. The summed E-state index contributed by atoms with van der Waals surface area (Å²) in [5, 5.41) is 7.39. The predicted molar refractivity (Wildman–Crippen MR) is 60.4 cm³/mol. The first kappa shape index (κ1) is 12.5. The van der Waals surface area contributed by atoms with Crippen LogP contribution >= 0.6 is 12.4 Å². The Bertz CT molecular complexity index is 284. The van der Waals surface area contributed by atoms with E-state index in [0.29, 0.717) is 5.92 Å². The Morgan fingerprint density at radius 1 is 1.53 bits per heavy atom. The van der Waals surface area contributed by atoms with E-state index in [1.54, 1.807) is 0 Å². The lowest BCUT2D eigenvalue weighted by molar-refractivity contribution is 0.360. The van der Waals surface area contributed by atoms with Gasteiger partial charge < -0.3 is 9.84 Å². The Morgan fingerprint density at radius 3 is 3.07 bits per heavy atom. The minimum atomic E-state index is 0. The molecular formula is C10H18ClN3O. The van der Waals surface area contributed by atoms with E-state index in [2.05, 4.69) is 22.4 Å². The molecule has 5 heteroatoms. The molecule has 0 bridgehead atoms. The molecule has 1 atom stereocenters. The molecule has 1 aromatic heterocycles. The first-order valence-corrected chi connectivity index (χ1v) is 5.43. The van der Waals surface area contributed by atoms with Crippen molar-refractivity contribution in [1.82, 2.24) is 15.5 Å². The second-order valence-electron chi connectivity index (χ2n) is 3.84. The molecule has 1 aliphatic rings. The molecule has 1 aromatic rings. The van der Waals surface area contributed by atoms with Crippen molar-refractivity contribution in [3.8, 4) is 0 Å². The molecule has 0 aliphatic carbocycles. The van der Waals surface area contributed by atoms with Crippen molar-refractivity contribution in [2.45, 2.75) is 38.5 Å². The summed E-state index contributed by atoms with van der Waals surface area (Å²) < 4.78 is 5.17. The van der Waals surface area contributed by atoms with Crippen molar-refractivity contribution in [2.24, 2.45) is 0 Å². The van der Waals surface area contributed by atoms with Crippen LogP contribution in [0.3, 0.4) is 0 Å². The fourth-order valence-electron chi connectivity index (χ4n) is 1.82. The molecule has 4 nitrogen and oxygen atoms in total. The zero-order chi connectivity index (χ0) is 9.80. The van der Waals surface area contributed by atoms with Crippen molar-refractivity contribution < 1.29 is 4.52 Å². The molecule has 1 saturated heterocycles. The number of hydrogen-bond donors (Lipinski definition) is 1. The fraction of sp³-hybridized carbons (Fsp3) is 0.800. The zero-order valence-electron chi connectivity index (χ0n) is 9.03. The average molecular weight is 232 g/mol. The summed E-state index contributed by atoms with van der Waals surface area (Å²) in [4.78, 5) is 4.41. The Hall–Kier alpha value is -0.610. The van der Waals surface area contributed by atoms with Crippen LogP contribution < -0.4 is 5.32 Å². The lowest BCUT2D eigenvalue weighted by Crippen LogP contribution is -2.28. The summed E-state index contributed by atoms with van der Waals surface area (Å²) in [5.74, 6) is 2.13. The van der Waals surface area contributed by atoms with Gasteiger partial charge in [0.25, 0.3) is 0 Å². The van der Waals surface area contributed by atoms with Gasteiger partial charge in [-0.25, -0.2) is 0 Å². The van der Waals surface area contributed by atoms with Crippen LogP contribution in [0.4, 0.5) is 0 Å². The highest BCUT2D eigenvalue weighted by Crippen LogP contribution is 2.20. The van der Waals surface area contributed by atoms with Crippen LogP contribution in [0.5, 0.6) is 0 Å². The van der Waals surface area contributed by atoms with E-state index in [9.17, 15) is 0 Å². The first-order valence-electron chi connectivity index (χ1n) is 5.43. The third kappa shape index (κ3) is 3.18. The third-order valence-electron chi connectivity index (χ3n) is 2.61. The van der Waals surface area contributed by atoms with Gasteiger partial charge in [-0.05, 0) is 25.8 Å². The van der Waals surface area contributed by atoms with Gasteiger partial charge in [0.05, 0.1) is 0 Å². The van der Waals surface area contributed by atoms with Crippen molar-refractivity contribution >= 4 is 12.4 Å². The number of aromatic nitrogens is 2. The quantitative estimate of drug-likeness (QED) is 0.864. The van der Waals surface area contributed by atoms with Crippen LogP contribution in [0.15, 0.2) is 4.52 Å². The minimum Gasteiger partial charge on any atom is -0.339 e. The van der Waals surface area contributed by atoms with Gasteiger partial charge in [0, 0.05) is 18.9 Å². The smallest absolute Gasteiger partial charge is 0.226 e. The molecule has 1 aliphatic heterocycles. The van der Waals surface area contributed by atoms with Crippen LogP contribution in [0.25, 0.3) is 0 Å². The Kier molecular flexibility index (Phi) is 5.05. The highest BCUT2D eigenvalue weighted by atomic mass is 35.5. The molecule has 15 heavy (non-hydrogen) atoms. The molecule has 1 unspecified atom stereocenters. The second-order valence-corrected chi connectivity index (χ2v) is 3.84. The number of nitrogens with zero attached hydrogens (tertiary/aromatic N) is 2. The summed E-state index contributed by atoms with van der Waals surface area (Å²) in [5.41, 5.74) is 0. The maximum atomic E-state index is 5.17. The van der Waals surface area contributed by atoms with E-state index in [1.807, 2.05) is 0 Å². The van der Waals surface area contributed by atoms with Gasteiger partial charge in [-0.15, -0.1) is 12.4 Å². The molecule has 0 aromatic carbocycles. The predicted octanol–water partition coefficient (Wildman–Crippen LogP) is 1.91. The summed E-state index contributed by atoms with van der Waals surface area (Å²) >= 11 is 0. The van der Waals surface area contributed by atoms with Crippen molar-refractivity contribution in [2.75, 3.05) is 13.1 Å². The van der Waals surface area contributed by atoms with Crippen molar-refractivity contribution in [1.29, 1.82) is 0 Å². The van der Waals surface area contributed by atoms with Gasteiger partial charge in [-0.3, -0.25) is 0 Å². The topological polar surface area (TPSA) is 51.0 Å². The Balaban J connectivity index is 0.00000112. The van der Waals surface area contributed by atoms with Crippen LogP contribution in [0, 0.1) is 0 Å². The number of piperidine rings is 1. The first-order chi connectivity index (χ1) is 6.90. The summed E-state index contributed by atoms with van der Waals surface area (Å²) in [6.45, 7) is 4.23. The van der Waals surface area contributed by atoms with Crippen LogP contribution in [0.2, 0.25) is 0 Å². The van der Waals surface area contributed by atoms with E-state index in [1.165, 1.54) is 12.8 Å². The molecule has 2 rings (SSSR count). The summed E-state index contributed by atoms with van der Waals surface area (Å²) in [7, 11) is 0. The Morgan fingerprint density at radius 2 is 2.40 bits per heavy atom. The fourth-order valence-corrected chi connectivity index (χ4v) is 1.82. The standard InChI is InChI=1S/C10H17N3O.ClH/c1-2-4-9-12-10(13-14-9)8-5-3-6-11-7-8;/h8,11H,2-7H2,1H3;1H. The molecule has 86 valence electrons. The van der Waals surface area contributed by atoms with Gasteiger partial charge in [0.15, 0.2) is 5.82 Å². The van der Waals surface area contributed by atoms with Gasteiger partial charge in [-0.2, -0.15) is 4.98 Å². The molecule has 0 spiro atoms. The number of rotatable bonds is 3. The number of hydrogen-bond acceptors (Lipinski definition) is 4. The van der Waals surface area contributed by atoms with Gasteiger partial charge >= 0.3 is 0 Å². The van der Waals surface area contributed by atoms with E-state index in [0.717, 1.165) is 37.6 Å². The maximum Gasteiger partial charge on any atom is 0.226 e. The lowest BCUT2D eigenvalue weighted by atomic mass is 9.99. The van der Waals surface area contributed by atoms with Crippen LogP contribution in [-0.2, 0) is 6.42 Å². The molecule has 2 heterocycles. The third-order valence-corrected chi connectivity index (χ3v) is 2.61. The molecule has 0 saturated carbocycles. The SMILES string of the molecule is CCCc1nc(C2CCCNC2)no1.Cl. The molecule has 0 amide bonds. The Labute approximate surface area is 96.2 Å². The van der Waals surface area contributed by atoms with E-state index in [4.69, 9.17) is 4.52 Å². The normalized spacial score (nSPS) is 21.0. The van der Waals surface area contributed by atoms with Gasteiger partial charge in [0.2, 0.25) is 5.89 Å². The second kappa shape index (κ2) is 6.08. The van der Waals surface area contributed by atoms with Gasteiger partial charge in [-0.1, -0.05) is 12.1 Å². The van der Waals surface area contributed by atoms with Gasteiger partial charge in [0.1, 0.15) is 0 Å². The van der Waals surface area contributed by atoms with Crippen molar-refractivity contribution in [3.63, 3.8) is 0 Å². The highest BCUT2D eigenvalue weighted by Gasteiger charge is 2.20. The largest absolute Gasteiger partial charge is 0.339 e. The number of aryl methyl sites for hydroxylation is 1. The van der Waals surface area contributed by atoms with E-state index in [-0.39, 0.29) is 12.4 Å². The monoisotopic (exact) mass is 231 g/mol. The molecule has 0 radical (unpaired) electrons. The van der Waals surface area contributed by atoms with E-state index >= 15 is 0 Å². The molecule has 1 fully saturated rings. The number of nitrogens with one attached hydrogen (secondary N) is 1. The van der Waals surface area contributed by atoms with Crippen LogP contribution in [0.1, 0.15) is 43.8 Å². The van der Waals surface area contributed by atoms with Crippen molar-refractivity contribution in [3.05, 3.63) is 11.7 Å². The molecule has 1 N–H and O–H groups in total. The summed E-state index contributed by atoms with van der Waals surface area (Å²) in [6.07, 6.45) is 4.35. The minimum absolute atomic E-state index is 0.